The number of rotatable bonds is 1. The first kappa shape index (κ1) is 11.5. The summed E-state index contributed by atoms with van der Waals surface area (Å²) in [5, 5.41) is 11.6. The lowest BCUT2D eigenvalue weighted by atomic mass is 10.2. The van der Waals surface area contributed by atoms with Gasteiger partial charge in [-0.2, -0.15) is 0 Å². The van der Waals surface area contributed by atoms with Crippen LogP contribution >= 0.6 is 22.6 Å². The largest absolute Gasteiger partial charge is 0.494 e. The average Bonchev–Trinajstić information content (AvgIpc) is 2.71. The van der Waals surface area contributed by atoms with Crippen molar-refractivity contribution in [3.63, 3.8) is 0 Å². The molecule has 3 rings (SSSR count). The van der Waals surface area contributed by atoms with Gasteiger partial charge < -0.3 is 5.11 Å². The molecule has 0 atom stereocenters. The number of pyridine rings is 1. The molecule has 3 nitrogen and oxygen atoms in total. The molecule has 0 unspecified atom stereocenters. The molecule has 0 saturated heterocycles. The summed E-state index contributed by atoms with van der Waals surface area (Å²) in [5.41, 5.74) is 0. The zero-order valence-corrected chi connectivity index (χ0v) is 11.3. The Bertz CT molecular complexity index is 739. The number of hydrogen-bond donors (Lipinski definition) is 1. The van der Waals surface area contributed by atoms with Gasteiger partial charge in [-0.05, 0) is 34.7 Å². The van der Waals surface area contributed by atoms with Crippen LogP contribution in [0, 0.1) is 9.39 Å². The van der Waals surface area contributed by atoms with E-state index in [1.807, 2.05) is 40.8 Å². The van der Waals surface area contributed by atoms with Gasteiger partial charge in [0.25, 0.3) is 0 Å². The van der Waals surface area contributed by atoms with Crippen LogP contribution in [-0.4, -0.2) is 14.7 Å². The molecule has 1 N–H and O–H groups in total. The van der Waals surface area contributed by atoms with Gasteiger partial charge in [-0.3, -0.25) is 4.57 Å². The maximum absolute atomic E-state index is 14.0. The topological polar surface area (TPSA) is 38.0 Å². The van der Waals surface area contributed by atoms with Gasteiger partial charge in [0.15, 0.2) is 11.6 Å². The van der Waals surface area contributed by atoms with Crippen LogP contribution in [0.5, 0.6) is 5.88 Å². The first-order valence-electron chi connectivity index (χ1n) is 5.28. The minimum Gasteiger partial charge on any atom is -0.494 e. The van der Waals surface area contributed by atoms with Gasteiger partial charge in [-0.25, -0.2) is 9.37 Å². The monoisotopic (exact) mass is 354 g/mol. The predicted molar refractivity (Wildman–Crippen MR) is 75.4 cm³/mol. The quantitative estimate of drug-likeness (QED) is 0.680. The van der Waals surface area contributed by atoms with E-state index < -0.39 is 5.82 Å². The molecule has 0 aliphatic heterocycles. The number of hydrogen-bond acceptors (Lipinski definition) is 2. The summed E-state index contributed by atoms with van der Waals surface area (Å²) in [6, 6.07) is 8.92. The molecule has 5 heteroatoms. The van der Waals surface area contributed by atoms with E-state index in [0.717, 1.165) is 5.39 Å². The molecule has 0 spiro atoms. The number of benzene rings is 1. The van der Waals surface area contributed by atoms with Crippen molar-refractivity contribution in [2.75, 3.05) is 0 Å². The van der Waals surface area contributed by atoms with Crippen LogP contribution in [0.3, 0.4) is 0 Å². The van der Waals surface area contributed by atoms with Crippen molar-refractivity contribution in [3.05, 3.63) is 52.1 Å². The van der Waals surface area contributed by atoms with Crippen LogP contribution in [0.4, 0.5) is 4.39 Å². The van der Waals surface area contributed by atoms with Crippen LogP contribution in [0.15, 0.2) is 42.7 Å². The Hall–Kier alpha value is -1.63. The zero-order chi connectivity index (χ0) is 12.7. The molecular formula is C13H8FIN2O. The summed E-state index contributed by atoms with van der Waals surface area (Å²) in [5.74, 6) is -0.330. The van der Waals surface area contributed by atoms with Gasteiger partial charge in [-0.1, -0.05) is 18.2 Å². The van der Waals surface area contributed by atoms with E-state index in [-0.39, 0.29) is 11.7 Å². The van der Waals surface area contributed by atoms with E-state index in [1.165, 1.54) is 10.8 Å². The fourth-order valence-electron chi connectivity index (χ4n) is 1.88. The third-order valence-corrected chi connectivity index (χ3v) is 3.58. The second kappa shape index (κ2) is 4.24. The highest BCUT2D eigenvalue weighted by Crippen LogP contribution is 2.30. The lowest BCUT2D eigenvalue weighted by Gasteiger charge is -2.05. The zero-order valence-electron chi connectivity index (χ0n) is 9.14. The van der Waals surface area contributed by atoms with Crippen molar-refractivity contribution in [3.8, 4) is 11.7 Å². The Morgan fingerprint density at radius 3 is 2.78 bits per heavy atom. The Morgan fingerprint density at radius 2 is 2.00 bits per heavy atom. The molecule has 3 aromatic rings. The standard InChI is InChI=1S/C13H8FIN2O/c14-11-10(15)5-6-16-12(11)17-7-8-3-1-2-4-9(8)13(17)18/h1-7,18H. The van der Waals surface area contributed by atoms with E-state index in [0.29, 0.717) is 8.96 Å². The van der Waals surface area contributed by atoms with Crippen molar-refractivity contribution in [2.24, 2.45) is 0 Å². The highest BCUT2D eigenvalue weighted by molar-refractivity contribution is 14.1. The van der Waals surface area contributed by atoms with Gasteiger partial charge >= 0.3 is 0 Å². The van der Waals surface area contributed by atoms with Crippen molar-refractivity contribution < 1.29 is 9.50 Å². The minimum absolute atomic E-state index is 0.000926. The first-order chi connectivity index (χ1) is 8.68. The second-order valence-corrected chi connectivity index (χ2v) is 5.00. The number of nitrogens with zero attached hydrogens (tertiary/aromatic N) is 2. The number of halogens is 2. The lowest BCUT2D eigenvalue weighted by Crippen LogP contribution is -2.00. The van der Waals surface area contributed by atoms with Crippen molar-refractivity contribution >= 4 is 33.4 Å². The third-order valence-electron chi connectivity index (χ3n) is 2.75. The van der Waals surface area contributed by atoms with Crippen LogP contribution in [0.25, 0.3) is 16.6 Å². The van der Waals surface area contributed by atoms with Crippen molar-refractivity contribution in [1.29, 1.82) is 0 Å². The molecule has 0 amide bonds. The molecule has 0 aliphatic rings. The normalized spacial score (nSPS) is 11.0. The lowest BCUT2D eigenvalue weighted by molar-refractivity contribution is 0.443. The molecule has 0 aliphatic carbocycles. The van der Waals surface area contributed by atoms with Crippen molar-refractivity contribution in [2.45, 2.75) is 0 Å². The van der Waals surface area contributed by atoms with Crippen LogP contribution < -0.4 is 0 Å². The Morgan fingerprint density at radius 1 is 1.22 bits per heavy atom. The fraction of sp³-hybridized carbons (Fsp3) is 0. The molecule has 0 fully saturated rings. The summed E-state index contributed by atoms with van der Waals surface area (Å²) in [6.07, 6.45) is 3.19. The Labute approximate surface area is 116 Å². The second-order valence-electron chi connectivity index (χ2n) is 3.84. The first-order valence-corrected chi connectivity index (χ1v) is 6.36. The van der Waals surface area contributed by atoms with Crippen molar-refractivity contribution in [1.82, 2.24) is 9.55 Å². The minimum atomic E-state index is -0.436. The van der Waals surface area contributed by atoms with Crippen LogP contribution in [0.2, 0.25) is 0 Å². The van der Waals surface area contributed by atoms with Gasteiger partial charge in [0.05, 0.1) is 3.57 Å². The van der Waals surface area contributed by atoms with Gasteiger partial charge in [-0.15, -0.1) is 0 Å². The summed E-state index contributed by atoms with van der Waals surface area (Å²) < 4.78 is 15.8. The van der Waals surface area contributed by atoms with Crippen LogP contribution in [0.1, 0.15) is 0 Å². The van der Waals surface area contributed by atoms with Gasteiger partial charge in [0.1, 0.15) is 0 Å². The van der Waals surface area contributed by atoms with E-state index in [1.54, 1.807) is 18.3 Å². The Balaban J connectivity index is 2.32. The van der Waals surface area contributed by atoms with E-state index in [4.69, 9.17) is 0 Å². The maximum atomic E-state index is 14.0. The molecule has 2 heterocycles. The molecule has 0 radical (unpaired) electrons. The fourth-order valence-corrected chi connectivity index (χ4v) is 2.28. The number of aromatic nitrogens is 2. The number of fused-ring (bicyclic) bond motifs is 1. The summed E-state index contributed by atoms with van der Waals surface area (Å²) in [4.78, 5) is 3.99. The summed E-state index contributed by atoms with van der Waals surface area (Å²) in [6.45, 7) is 0. The molecular weight excluding hydrogens is 346 g/mol. The molecule has 90 valence electrons. The van der Waals surface area contributed by atoms with Gasteiger partial charge in [0.2, 0.25) is 5.88 Å². The van der Waals surface area contributed by atoms with Crippen LogP contribution in [-0.2, 0) is 0 Å². The summed E-state index contributed by atoms with van der Waals surface area (Å²) in [7, 11) is 0. The van der Waals surface area contributed by atoms with E-state index >= 15 is 0 Å². The molecule has 0 bridgehead atoms. The average molecular weight is 354 g/mol. The maximum Gasteiger partial charge on any atom is 0.205 e. The summed E-state index contributed by atoms with van der Waals surface area (Å²) >= 11 is 1.90. The van der Waals surface area contributed by atoms with E-state index in [9.17, 15) is 9.50 Å². The highest BCUT2D eigenvalue weighted by atomic mass is 127. The molecule has 1 aromatic carbocycles. The SMILES string of the molecule is Oc1c2ccccc2cn1-c1nccc(I)c1F. The van der Waals surface area contributed by atoms with E-state index in [2.05, 4.69) is 4.98 Å². The smallest absolute Gasteiger partial charge is 0.205 e. The predicted octanol–water partition coefficient (Wildman–Crippen LogP) is 3.47. The molecule has 0 saturated carbocycles. The molecule has 18 heavy (non-hydrogen) atoms. The van der Waals surface area contributed by atoms with Gasteiger partial charge in [0, 0.05) is 23.2 Å². The Kier molecular flexibility index (Phi) is 2.70. The molecule has 2 aromatic heterocycles. The third kappa shape index (κ3) is 1.66. The number of aromatic hydroxyl groups is 1. The highest BCUT2D eigenvalue weighted by Gasteiger charge is 2.15.